The largest absolute Gasteiger partial charge is 0.373 e. The minimum absolute atomic E-state index is 0.718. The van der Waals surface area contributed by atoms with Gasteiger partial charge in [-0.3, -0.25) is 0 Å². The van der Waals surface area contributed by atoms with Crippen LogP contribution in [0.3, 0.4) is 0 Å². The number of rotatable bonds is 2. The first-order valence-corrected chi connectivity index (χ1v) is 6.78. The number of benzene rings is 1. The molecule has 0 saturated carbocycles. The highest BCUT2D eigenvalue weighted by molar-refractivity contribution is 9.10. The van der Waals surface area contributed by atoms with Crippen LogP contribution < -0.4 is 5.32 Å². The average Bonchev–Trinajstić information content (AvgIpc) is 2.83. The maximum absolute atomic E-state index is 4.56. The molecule has 2 N–H and O–H groups in total. The van der Waals surface area contributed by atoms with Crippen LogP contribution in [0.2, 0.25) is 0 Å². The second-order valence-corrected chi connectivity index (χ2v) is 5.24. The molecule has 0 spiro atoms. The Morgan fingerprint density at radius 3 is 2.79 bits per heavy atom. The van der Waals surface area contributed by atoms with Crippen LogP contribution in [0.4, 0.5) is 5.82 Å². The summed E-state index contributed by atoms with van der Waals surface area (Å²) in [5, 5.41) is 3.01. The molecule has 2 heterocycles. The minimum Gasteiger partial charge on any atom is -0.373 e. The van der Waals surface area contributed by atoms with Crippen LogP contribution in [0.25, 0.3) is 22.6 Å². The first-order chi connectivity index (χ1) is 9.17. The Labute approximate surface area is 119 Å². The molecule has 2 aromatic heterocycles. The predicted octanol–water partition coefficient (Wildman–Crippen LogP) is 3.74. The number of anilines is 1. The topological polar surface area (TPSA) is 53.6 Å². The van der Waals surface area contributed by atoms with E-state index in [1.807, 2.05) is 25.2 Å². The second-order valence-electron chi connectivity index (χ2n) is 4.39. The third kappa shape index (κ3) is 2.21. The second kappa shape index (κ2) is 4.66. The first kappa shape index (κ1) is 12.2. The summed E-state index contributed by atoms with van der Waals surface area (Å²) in [6.07, 6.45) is 0. The van der Waals surface area contributed by atoms with Crippen molar-refractivity contribution in [3.63, 3.8) is 0 Å². The molecule has 4 nitrogen and oxygen atoms in total. The fourth-order valence-corrected chi connectivity index (χ4v) is 2.41. The van der Waals surface area contributed by atoms with Gasteiger partial charge in [-0.2, -0.15) is 0 Å². The third-order valence-corrected chi connectivity index (χ3v) is 3.67. The van der Waals surface area contributed by atoms with Crippen LogP contribution in [0.1, 0.15) is 5.56 Å². The smallest absolute Gasteiger partial charge is 0.180 e. The normalized spacial score (nSPS) is 10.9. The number of halogens is 1. The molecule has 0 aliphatic rings. The van der Waals surface area contributed by atoms with Crippen molar-refractivity contribution in [2.45, 2.75) is 6.92 Å². The van der Waals surface area contributed by atoms with Crippen molar-refractivity contribution in [2.75, 3.05) is 12.4 Å². The van der Waals surface area contributed by atoms with Crippen molar-refractivity contribution < 1.29 is 0 Å². The molecule has 0 aliphatic carbocycles. The number of nitrogens with zero attached hydrogens (tertiary/aromatic N) is 2. The molecule has 0 saturated heterocycles. The van der Waals surface area contributed by atoms with E-state index >= 15 is 0 Å². The molecule has 0 amide bonds. The lowest BCUT2D eigenvalue weighted by atomic mass is 10.1. The van der Waals surface area contributed by atoms with E-state index in [1.54, 1.807) is 0 Å². The van der Waals surface area contributed by atoms with Gasteiger partial charge in [-0.15, -0.1) is 0 Å². The standard InChI is InChI=1S/C14H13BrN4/c1-8-3-4-10(15)9(7-8)13-17-11-5-6-12(16-2)18-14(11)19-13/h3-7H,1-2H3,(H2,16,17,18,19). The Kier molecular flexibility index (Phi) is 2.98. The van der Waals surface area contributed by atoms with Crippen molar-refractivity contribution >= 4 is 32.9 Å². The lowest BCUT2D eigenvalue weighted by Gasteiger charge is -2.01. The van der Waals surface area contributed by atoms with Crippen LogP contribution in [0.5, 0.6) is 0 Å². The summed E-state index contributed by atoms with van der Waals surface area (Å²) >= 11 is 3.56. The Bertz CT molecular complexity index is 748. The zero-order valence-corrected chi connectivity index (χ0v) is 12.2. The van der Waals surface area contributed by atoms with Crippen molar-refractivity contribution in [1.82, 2.24) is 15.0 Å². The number of nitrogens with one attached hydrogen (secondary N) is 2. The van der Waals surface area contributed by atoms with Crippen LogP contribution in [-0.2, 0) is 0 Å². The Balaban J connectivity index is 2.17. The maximum atomic E-state index is 4.56. The number of imidazole rings is 1. The molecule has 0 atom stereocenters. The summed E-state index contributed by atoms with van der Waals surface area (Å²) in [5.41, 5.74) is 3.89. The molecule has 3 rings (SSSR count). The number of hydrogen-bond donors (Lipinski definition) is 2. The number of aromatic amines is 1. The van der Waals surface area contributed by atoms with Crippen LogP contribution in [-0.4, -0.2) is 22.0 Å². The van der Waals surface area contributed by atoms with E-state index in [-0.39, 0.29) is 0 Å². The highest BCUT2D eigenvalue weighted by Crippen LogP contribution is 2.28. The lowest BCUT2D eigenvalue weighted by Crippen LogP contribution is -1.91. The molecular formula is C14H13BrN4. The Morgan fingerprint density at radius 2 is 2.00 bits per heavy atom. The van der Waals surface area contributed by atoms with Crippen LogP contribution in [0.15, 0.2) is 34.8 Å². The molecule has 19 heavy (non-hydrogen) atoms. The maximum Gasteiger partial charge on any atom is 0.180 e. The highest BCUT2D eigenvalue weighted by atomic mass is 79.9. The fraction of sp³-hybridized carbons (Fsp3) is 0.143. The van der Waals surface area contributed by atoms with E-state index in [4.69, 9.17) is 0 Å². The summed E-state index contributed by atoms with van der Waals surface area (Å²) in [5.74, 6) is 1.64. The van der Waals surface area contributed by atoms with Gasteiger partial charge < -0.3 is 10.3 Å². The molecule has 5 heteroatoms. The van der Waals surface area contributed by atoms with Gasteiger partial charge >= 0.3 is 0 Å². The highest BCUT2D eigenvalue weighted by Gasteiger charge is 2.10. The zero-order chi connectivity index (χ0) is 13.4. The number of aryl methyl sites for hydroxylation is 1. The average molecular weight is 317 g/mol. The fourth-order valence-electron chi connectivity index (χ4n) is 1.98. The predicted molar refractivity (Wildman–Crippen MR) is 81.3 cm³/mol. The van der Waals surface area contributed by atoms with Gasteiger partial charge in [0.15, 0.2) is 5.65 Å². The van der Waals surface area contributed by atoms with E-state index in [1.165, 1.54) is 5.56 Å². The molecule has 0 fully saturated rings. The molecule has 1 aromatic carbocycles. The van der Waals surface area contributed by atoms with E-state index in [0.717, 1.165) is 32.8 Å². The summed E-state index contributed by atoms with van der Waals surface area (Å²) in [7, 11) is 1.85. The van der Waals surface area contributed by atoms with E-state index < -0.39 is 0 Å². The van der Waals surface area contributed by atoms with Crippen molar-refractivity contribution in [3.05, 3.63) is 40.4 Å². The van der Waals surface area contributed by atoms with E-state index in [2.05, 4.69) is 55.3 Å². The third-order valence-electron chi connectivity index (χ3n) is 2.98. The van der Waals surface area contributed by atoms with Gasteiger partial charge in [-0.05, 0) is 31.2 Å². The Hall–Kier alpha value is -1.88. The van der Waals surface area contributed by atoms with Crippen molar-refractivity contribution in [1.29, 1.82) is 0 Å². The summed E-state index contributed by atoms with van der Waals surface area (Å²) < 4.78 is 1.02. The molecule has 0 aliphatic heterocycles. The number of hydrogen-bond acceptors (Lipinski definition) is 3. The molecule has 0 bridgehead atoms. The monoisotopic (exact) mass is 316 g/mol. The molecule has 96 valence electrons. The van der Waals surface area contributed by atoms with E-state index in [9.17, 15) is 0 Å². The lowest BCUT2D eigenvalue weighted by molar-refractivity contribution is 1.28. The van der Waals surface area contributed by atoms with Gasteiger partial charge in [-0.25, -0.2) is 9.97 Å². The molecule has 3 aromatic rings. The quantitative estimate of drug-likeness (QED) is 0.757. The molecule has 0 radical (unpaired) electrons. The zero-order valence-electron chi connectivity index (χ0n) is 10.7. The molecule has 0 unspecified atom stereocenters. The number of aromatic nitrogens is 3. The van der Waals surface area contributed by atoms with Crippen LogP contribution in [0, 0.1) is 6.92 Å². The Morgan fingerprint density at radius 1 is 1.16 bits per heavy atom. The van der Waals surface area contributed by atoms with Gasteiger partial charge in [0.05, 0.1) is 5.52 Å². The number of pyridine rings is 1. The first-order valence-electron chi connectivity index (χ1n) is 5.98. The van der Waals surface area contributed by atoms with Gasteiger partial charge in [0, 0.05) is 17.1 Å². The summed E-state index contributed by atoms with van der Waals surface area (Å²) in [6, 6.07) is 10.1. The van der Waals surface area contributed by atoms with Gasteiger partial charge in [0.25, 0.3) is 0 Å². The number of H-pyrrole nitrogens is 1. The summed E-state index contributed by atoms with van der Waals surface area (Å²) in [6.45, 7) is 2.07. The summed E-state index contributed by atoms with van der Waals surface area (Å²) in [4.78, 5) is 12.3. The number of fused-ring (bicyclic) bond motifs is 1. The van der Waals surface area contributed by atoms with Gasteiger partial charge in [0.2, 0.25) is 0 Å². The molecular weight excluding hydrogens is 304 g/mol. The van der Waals surface area contributed by atoms with E-state index in [0.29, 0.717) is 0 Å². The van der Waals surface area contributed by atoms with Gasteiger partial charge in [0.1, 0.15) is 11.6 Å². The van der Waals surface area contributed by atoms with Crippen molar-refractivity contribution in [3.8, 4) is 11.4 Å². The van der Waals surface area contributed by atoms with Crippen LogP contribution >= 0.6 is 15.9 Å². The van der Waals surface area contributed by atoms with Gasteiger partial charge in [-0.1, -0.05) is 27.6 Å². The van der Waals surface area contributed by atoms with Crippen molar-refractivity contribution in [2.24, 2.45) is 0 Å². The minimum atomic E-state index is 0.718. The SMILES string of the molecule is CNc1ccc2[nH]c(-c3cc(C)ccc3Br)nc2n1.